The summed E-state index contributed by atoms with van der Waals surface area (Å²) in [5, 5.41) is 7.61. The van der Waals surface area contributed by atoms with Crippen molar-refractivity contribution in [2.24, 2.45) is 5.92 Å². The van der Waals surface area contributed by atoms with E-state index in [4.69, 9.17) is 4.74 Å². The minimum Gasteiger partial charge on any atom is -0.461 e. The second-order valence-electron chi connectivity index (χ2n) is 5.61. The maximum atomic E-state index is 11.9. The Balaban J connectivity index is 1.90. The van der Waals surface area contributed by atoms with Crippen LogP contribution in [0.4, 0.5) is 0 Å². The van der Waals surface area contributed by atoms with E-state index in [0.717, 1.165) is 31.6 Å². The Bertz CT molecular complexity index is 502. The van der Waals surface area contributed by atoms with Gasteiger partial charge in [0.2, 0.25) is 0 Å². The first-order valence-corrected chi connectivity index (χ1v) is 7.08. The van der Waals surface area contributed by atoms with E-state index in [-0.39, 0.29) is 24.4 Å². The van der Waals surface area contributed by atoms with E-state index in [1.165, 1.54) is 11.6 Å². The molecule has 1 heterocycles. The van der Waals surface area contributed by atoms with Crippen LogP contribution in [0.25, 0.3) is 0 Å². The molecule has 0 atom stereocenters. The van der Waals surface area contributed by atoms with Crippen molar-refractivity contribution >= 4 is 11.8 Å². The fourth-order valence-electron chi connectivity index (χ4n) is 2.53. The number of aromatic nitrogens is 3. The Morgan fingerprint density at radius 1 is 1.30 bits per heavy atom. The lowest BCUT2D eigenvalue weighted by Gasteiger charge is -2.25. The average molecular weight is 279 g/mol. The maximum Gasteiger partial charge on any atom is 0.328 e. The third kappa shape index (κ3) is 3.43. The number of ether oxygens (including phenoxy) is 1. The lowest BCUT2D eigenvalue weighted by molar-refractivity contribution is -0.151. The number of rotatable bonds is 4. The number of nitrogens with zero attached hydrogens (tertiary/aromatic N) is 3. The number of carbonyl (C=O) groups excluding carboxylic acids is 2. The summed E-state index contributed by atoms with van der Waals surface area (Å²) in [6, 6.07) is 0. The summed E-state index contributed by atoms with van der Waals surface area (Å²) in [5.41, 5.74) is 0.913. The second-order valence-corrected chi connectivity index (χ2v) is 5.61. The minimum absolute atomic E-state index is 0.0121. The Kier molecular flexibility index (Phi) is 4.52. The molecule has 1 aromatic heterocycles. The molecule has 0 unspecified atom stereocenters. The molecule has 6 heteroatoms. The van der Waals surface area contributed by atoms with Crippen LogP contribution < -0.4 is 0 Å². The molecule has 0 bridgehead atoms. The largest absolute Gasteiger partial charge is 0.461 e. The SMILES string of the molecule is CC(=O)c1nnn(CC(=O)OC2CCC(C)CC2)c1C. The molecule has 0 radical (unpaired) electrons. The molecule has 110 valence electrons. The van der Waals surface area contributed by atoms with Gasteiger partial charge in [0.1, 0.15) is 12.6 Å². The fourth-order valence-corrected chi connectivity index (χ4v) is 2.53. The van der Waals surface area contributed by atoms with E-state index in [1.54, 1.807) is 6.92 Å². The van der Waals surface area contributed by atoms with Crippen LogP contribution in [-0.4, -0.2) is 32.9 Å². The van der Waals surface area contributed by atoms with Crippen LogP contribution in [0.15, 0.2) is 0 Å². The van der Waals surface area contributed by atoms with Crippen molar-refractivity contribution in [1.82, 2.24) is 15.0 Å². The molecule has 0 saturated heterocycles. The van der Waals surface area contributed by atoms with E-state index < -0.39 is 0 Å². The van der Waals surface area contributed by atoms with E-state index in [1.807, 2.05) is 0 Å². The van der Waals surface area contributed by atoms with Gasteiger partial charge in [0, 0.05) is 6.92 Å². The molecule has 1 fully saturated rings. The maximum absolute atomic E-state index is 11.9. The quantitative estimate of drug-likeness (QED) is 0.621. The van der Waals surface area contributed by atoms with E-state index >= 15 is 0 Å². The van der Waals surface area contributed by atoms with Gasteiger partial charge in [-0.25, -0.2) is 4.68 Å². The molecular weight excluding hydrogens is 258 g/mol. The molecular formula is C14H21N3O3. The molecule has 1 aliphatic rings. The Labute approximate surface area is 118 Å². The zero-order chi connectivity index (χ0) is 14.7. The average Bonchev–Trinajstić information content (AvgIpc) is 2.74. The van der Waals surface area contributed by atoms with Gasteiger partial charge in [0.05, 0.1) is 5.69 Å². The topological polar surface area (TPSA) is 74.1 Å². The van der Waals surface area contributed by atoms with Crippen LogP contribution >= 0.6 is 0 Å². The fraction of sp³-hybridized carbons (Fsp3) is 0.714. The summed E-state index contributed by atoms with van der Waals surface area (Å²) in [6.45, 7) is 5.40. The molecule has 6 nitrogen and oxygen atoms in total. The molecule has 0 aliphatic heterocycles. The van der Waals surface area contributed by atoms with Crippen LogP contribution in [0.1, 0.15) is 55.7 Å². The van der Waals surface area contributed by atoms with Crippen LogP contribution in [0.5, 0.6) is 0 Å². The summed E-state index contributed by atoms with van der Waals surface area (Å²) in [4.78, 5) is 23.2. The molecule has 0 spiro atoms. The molecule has 1 aliphatic carbocycles. The van der Waals surface area contributed by atoms with Gasteiger partial charge in [-0.1, -0.05) is 12.1 Å². The van der Waals surface area contributed by atoms with Crippen molar-refractivity contribution < 1.29 is 14.3 Å². The van der Waals surface area contributed by atoms with Crippen molar-refractivity contribution in [3.05, 3.63) is 11.4 Å². The first-order chi connectivity index (χ1) is 9.47. The summed E-state index contributed by atoms with van der Waals surface area (Å²) >= 11 is 0. The van der Waals surface area contributed by atoms with Gasteiger partial charge in [0.15, 0.2) is 11.5 Å². The number of hydrogen-bond donors (Lipinski definition) is 0. The van der Waals surface area contributed by atoms with Crippen molar-refractivity contribution in [3.63, 3.8) is 0 Å². The van der Waals surface area contributed by atoms with Crippen molar-refractivity contribution in [2.75, 3.05) is 0 Å². The highest BCUT2D eigenvalue weighted by Crippen LogP contribution is 2.25. The smallest absolute Gasteiger partial charge is 0.328 e. The lowest BCUT2D eigenvalue weighted by Crippen LogP contribution is -2.26. The van der Waals surface area contributed by atoms with Crippen molar-refractivity contribution in [1.29, 1.82) is 0 Å². The van der Waals surface area contributed by atoms with E-state index in [9.17, 15) is 9.59 Å². The molecule has 0 N–H and O–H groups in total. The summed E-state index contributed by atoms with van der Waals surface area (Å²) in [7, 11) is 0. The summed E-state index contributed by atoms with van der Waals surface area (Å²) in [5.74, 6) is 0.261. The molecule has 1 saturated carbocycles. The second kappa shape index (κ2) is 6.15. The van der Waals surface area contributed by atoms with Gasteiger partial charge in [-0.3, -0.25) is 9.59 Å². The van der Waals surface area contributed by atoms with Crippen molar-refractivity contribution in [2.45, 2.75) is 59.1 Å². The lowest BCUT2D eigenvalue weighted by atomic mass is 9.89. The predicted octanol–water partition coefficient (Wildman–Crippen LogP) is 1.91. The van der Waals surface area contributed by atoms with E-state index in [0.29, 0.717) is 11.4 Å². The number of esters is 1. The van der Waals surface area contributed by atoms with Gasteiger partial charge < -0.3 is 4.74 Å². The Hall–Kier alpha value is -1.72. The molecule has 0 aromatic carbocycles. The zero-order valence-corrected chi connectivity index (χ0v) is 12.3. The third-order valence-corrected chi connectivity index (χ3v) is 3.86. The van der Waals surface area contributed by atoms with Gasteiger partial charge in [-0.2, -0.15) is 0 Å². The molecule has 20 heavy (non-hydrogen) atoms. The van der Waals surface area contributed by atoms with Gasteiger partial charge >= 0.3 is 5.97 Å². The van der Waals surface area contributed by atoms with Gasteiger partial charge in [-0.05, 0) is 38.5 Å². The normalized spacial score (nSPS) is 22.6. The predicted molar refractivity (Wildman–Crippen MR) is 72.3 cm³/mol. The van der Waals surface area contributed by atoms with Crippen LogP contribution in [0.2, 0.25) is 0 Å². The highest BCUT2D eigenvalue weighted by Gasteiger charge is 2.22. The van der Waals surface area contributed by atoms with Gasteiger partial charge in [-0.15, -0.1) is 5.10 Å². The first kappa shape index (κ1) is 14.7. The first-order valence-electron chi connectivity index (χ1n) is 7.08. The van der Waals surface area contributed by atoms with Crippen molar-refractivity contribution in [3.8, 4) is 0 Å². The summed E-state index contributed by atoms with van der Waals surface area (Å²) in [6.07, 6.45) is 4.10. The van der Waals surface area contributed by atoms with Crippen LogP contribution in [0, 0.1) is 12.8 Å². The molecule has 2 rings (SSSR count). The number of hydrogen-bond acceptors (Lipinski definition) is 5. The summed E-state index contributed by atoms with van der Waals surface area (Å²) < 4.78 is 6.88. The molecule has 1 aromatic rings. The highest BCUT2D eigenvalue weighted by atomic mass is 16.5. The van der Waals surface area contributed by atoms with Crippen LogP contribution in [-0.2, 0) is 16.1 Å². The van der Waals surface area contributed by atoms with Gasteiger partial charge in [0.25, 0.3) is 0 Å². The highest BCUT2D eigenvalue weighted by molar-refractivity contribution is 5.93. The number of Topliss-reactive ketones (excluding diaryl/α,β-unsaturated/α-hetero) is 1. The van der Waals surface area contributed by atoms with Crippen LogP contribution in [0.3, 0.4) is 0 Å². The Morgan fingerprint density at radius 2 is 1.95 bits per heavy atom. The number of carbonyl (C=O) groups is 2. The minimum atomic E-state index is -0.312. The zero-order valence-electron chi connectivity index (χ0n) is 12.3. The molecule has 0 amide bonds. The third-order valence-electron chi connectivity index (χ3n) is 3.86. The Morgan fingerprint density at radius 3 is 2.50 bits per heavy atom. The van der Waals surface area contributed by atoms with E-state index in [2.05, 4.69) is 17.2 Å². The number of ketones is 1. The monoisotopic (exact) mass is 279 g/mol. The standard InChI is InChI=1S/C14H21N3O3/c1-9-4-6-12(7-5-9)20-13(19)8-17-10(2)14(11(3)18)15-16-17/h9,12H,4-8H2,1-3H3.